The van der Waals surface area contributed by atoms with Crippen LogP contribution in [0, 0.1) is 0 Å². The molecule has 1 N–H and O–H groups in total. The number of hydrogen-bond donors (Lipinski definition) is 1. The first-order valence-corrected chi connectivity index (χ1v) is 8.33. The lowest BCUT2D eigenvalue weighted by Crippen LogP contribution is -2.38. The van der Waals surface area contributed by atoms with Crippen LogP contribution < -0.4 is 0 Å². The van der Waals surface area contributed by atoms with Crippen LogP contribution in [0.2, 0.25) is 0 Å². The van der Waals surface area contributed by atoms with Gasteiger partial charge in [0.2, 0.25) is 0 Å². The standard InChI is InChI=1S/C16H22N2OS/c1-2-13(19)11-18-9-7-12(8-10-18)16-17-14-5-3-4-6-15(14)20-16/h3-6,12-13,19H,2,7-11H2,1H3. The van der Waals surface area contributed by atoms with Crippen molar-refractivity contribution in [3.63, 3.8) is 0 Å². The molecule has 1 fully saturated rings. The smallest absolute Gasteiger partial charge is 0.0970 e. The second-order valence-corrected chi connectivity index (χ2v) is 6.72. The number of benzene rings is 1. The Morgan fingerprint density at radius 2 is 2.10 bits per heavy atom. The van der Waals surface area contributed by atoms with Crippen molar-refractivity contribution < 1.29 is 5.11 Å². The van der Waals surface area contributed by atoms with Gasteiger partial charge < -0.3 is 10.0 Å². The van der Waals surface area contributed by atoms with E-state index in [1.165, 1.54) is 9.71 Å². The molecule has 1 unspecified atom stereocenters. The zero-order valence-electron chi connectivity index (χ0n) is 12.0. The predicted octanol–water partition coefficient (Wildman–Crippen LogP) is 3.25. The Kier molecular flexibility index (Phi) is 4.34. The topological polar surface area (TPSA) is 36.4 Å². The minimum atomic E-state index is -0.172. The molecule has 20 heavy (non-hydrogen) atoms. The average Bonchev–Trinajstić information content (AvgIpc) is 2.91. The Bertz CT molecular complexity index is 527. The van der Waals surface area contributed by atoms with Crippen molar-refractivity contribution >= 4 is 21.6 Å². The molecule has 1 saturated heterocycles. The largest absolute Gasteiger partial charge is 0.392 e. The average molecular weight is 290 g/mol. The summed E-state index contributed by atoms with van der Waals surface area (Å²) in [5.41, 5.74) is 1.14. The Labute approximate surface area is 124 Å². The lowest BCUT2D eigenvalue weighted by molar-refractivity contribution is 0.0944. The van der Waals surface area contributed by atoms with Gasteiger partial charge in [-0.05, 0) is 44.5 Å². The third-order valence-corrected chi connectivity index (χ3v) is 5.39. The summed E-state index contributed by atoms with van der Waals surface area (Å²) < 4.78 is 1.30. The highest BCUT2D eigenvalue weighted by Gasteiger charge is 2.24. The highest BCUT2D eigenvalue weighted by Crippen LogP contribution is 2.33. The summed E-state index contributed by atoms with van der Waals surface area (Å²) in [7, 11) is 0. The van der Waals surface area contributed by atoms with Gasteiger partial charge in [0, 0.05) is 12.5 Å². The van der Waals surface area contributed by atoms with Crippen molar-refractivity contribution in [1.29, 1.82) is 0 Å². The lowest BCUT2D eigenvalue weighted by Gasteiger charge is -2.32. The van der Waals surface area contributed by atoms with E-state index in [0.29, 0.717) is 5.92 Å². The Balaban J connectivity index is 1.63. The first kappa shape index (κ1) is 14.0. The van der Waals surface area contributed by atoms with Crippen LogP contribution in [0.25, 0.3) is 10.2 Å². The number of rotatable bonds is 4. The molecular weight excluding hydrogens is 268 g/mol. The molecule has 1 aliphatic heterocycles. The first-order valence-electron chi connectivity index (χ1n) is 7.52. The first-order chi connectivity index (χ1) is 9.76. The number of fused-ring (bicyclic) bond motifs is 1. The maximum atomic E-state index is 9.74. The quantitative estimate of drug-likeness (QED) is 0.939. The van der Waals surface area contributed by atoms with Crippen LogP contribution in [0.15, 0.2) is 24.3 Å². The van der Waals surface area contributed by atoms with Gasteiger partial charge in [-0.25, -0.2) is 4.98 Å². The number of aliphatic hydroxyl groups excluding tert-OH is 1. The molecule has 3 rings (SSSR count). The van der Waals surface area contributed by atoms with Gasteiger partial charge in [0.1, 0.15) is 0 Å². The summed E-state index contributed by atoms with van der Waals surface area (Å²) >= 11 is 1.84. The number of β-amino-alcohol motifs (C(OH)–C–C–N with tert-alkyl or cyclic N) is 1. The molecule has 0 saturated carbocycles. The molecule has 3 nitrogen and oxygen atoms in total. The molecule has 4 heteroatoms. The van der Waals surface area contributed by atoms with Gasteiger partial charge >= 0.3 is 0 Å². The van der Waals surface area contributed by atoms with Gasteiger partial charge in [-0.1, -0.05) is 19.1 Å². The SMILES string of the molecule is CCC(O)CN1CCC(c2nc3ccccc3s2)CC1. The molecule has 2 aromatic rings. The molecule has 0 spiro atoms. The van der Waals surface area contributed by atoms with Gasteiger partial charge in [-0.15, -0.1) is 11.3 Å². The molecule has 0 bridgehead atoms. The van der Waals surface area contributed by atoms with Gasteiger partial charge in [0.05, 0.1) is 21.3 Å². The molecule has 1 aromatic carbocycles. The van der Waals surface area contributed by atoms with Crippen molar-refractivity contribution in [2.75, 3.05) is 19.6 Å². The van der Waals surface area contributed by atoms with Crippen LogP contribution >= 0.6 is 11.3 Å². The Morgan fingerprint density at radius 1 is 1.35 bits per heavy atom. The van der Waals surface area contributed by atoms with Gasteiger partial charge in [-0.3, -0.25) is 0 Å². The van der Waals surface area contributed by atoms with E-state index in [-0.39, 0.29) is 6.10 Å². The van der Waals surface area contributed by atoms with Gasteiger partial charge in [-0.2, -0.15) is 0 Å². The Hall–Kier alpha value is -0.970. The molecule has 0 amide bonds. The van der Waals surface area contributed by atoms with Crippen molar-refractivity contribution in [2.45, 2.75) is 38.2 Å². The fourth-order valence-electron chi connectivity index (χ4n) is 2.85. The molecular formula is C16H22N2OS. The van der Waals surface area contributed by atoms with Crippen molar-refractivity contribution in [2.24, 2.45) is 0 Å². The van der Waals surface area contributed by atoms with Crippen LogP contribution in [-0.2, 0) is 0 Å². The van der Waals surface area contributed by atoms with E-state index >= 15 is 0 Å². The third-order valence-electron chi connectivity index (χ3n) is 4.19. The van der Waals surface area contributed by atoms with E-state index in [0.717, 1.165) is 44.4 Å². The van der Waals surface area contributed by atoms with E-state index < -0.39 is 0 Å². The molecule has 1 aromatic heterocycles. The summed E-state index contributed by atoms with van der Waals surface area (Å²) in [6.07, 6.45) is 3.00. The van der Waals surface area contributed by atoms with Crippen LogP contribution in [0.4, 0.5) is 0 Å². The molecule has 1 atom stereocenters. The normalized spacial score (nSPS) is 19.5. The van der Waals surface area contributed by atoms with E-state index in [4.69, 9.17) is 4.98 Å². The summed E-state index contributed by atoms with van der Waals surface area (Å²) in [5.74, 6) is 0.599. The van der Waals surface area contributed by atoms with E-state index in [9.17, 15) is 5.11 Å². The van der Waals surface area contributed by atoms with E-state index in [1.807, 2.05) is 18.3 Å². The van der Waals surface area contributed by atoms with Crippen molar-refractivity contribution in [3.8, 4) is 0 Å². The summed E-state index contributed by atoms with van der Waals surface area (Å²) in [5, 5.41) is 11.0. The minimum Gasteiger partial charge on any atom is -0.392 e. The highest BCUT2D eigenvalue weighted by atomic mass is 32.1. The molecule has 0 radical (unpaired) electrons. The molecule has 108 valence electrons. The van der Waals surface area contributed by atoms with Crippen molar-refractivity contribution in [1.82, 2.24) is 9.88 Å². The second kappa shape index (κ2) is 6.20. The monoisotopic (exact) mass is 290 g/mol. The fourth-order valence-corrected chi connectivity index (χ4v) is 3.99. The number of para-hydroxylation sites is 1. The highest BCUT2D eigenvalue weighted by molar-refractivity contribution is 7.18. The number of nitrogens with zero attached hydrogens (tertiary/aromatic N) is 2. The molecule has 2 heterocycles. The number of aromatic nitrogens is 1. The van der Waals surface area contributed by atoms with Gasteiger partial charge in [0.25, 0.3) is 0 Å². The number of thiazole rings is 1. The fraction of sp³-hybridized carbons (Fsp3) is 0.562. The zero-order chi connectivity index (χ0) is 13.9. The number of hydrogen-bond acceptors (Lipinski definition) is 4. The maximum absolute atomic E-state index is 9.74. The van der Waals surface area contributed by atoms with Crippen molar-refractivity contribution in [3.05, 3.63) is 29.3 Å². The van der Waals surface area contributed by atoms with Gasteiger partial charge in [0.15, 0.2) is 0 Å². The maximum Gasteiger partial charge on any atom is 0.0970 e. The number of likely N-dealkylation sites (tertiary alicyclic amines) is 1. The zero-order valence-corrected chi connectivity index (χ0v) is 12.8. The van der Waals surface area contributed by atoms with E-state index in [1.54, 1.807) is 0 Å². The lowest BCUT2D eigenvalue weighted by atomic mass is 9.97. The number of piperidine rings is 1. The predicted molar refractivity (Wildman–Crippen MR) is 84.3 cm³/mol. The van der Waals surface area contributed by atoms with E-state index in [2.05, 4.69) is 29.2 Å². The Morgan fingerprint density at radius 3 is 2.80 bits per heavy atom. The van der Waals surface area contributed by atoms with Crippen LogP contribution in [0.1, 0.15) is 37.1 Å². The summed E-state index contributed by atoms with van der Waals surface area (Å²) in [6, 6.07) is 8.39. The van der Waals surface area contributed by atoms with Crippen LogP contribution in [0.3, 0.4) is 0 Å². The molecule has 1 aliphatic rings. The minimum absolute atomic E-state index is 0.172. The summed E-state index contributed by atoms with van der Waals surface area (Å²) in [4.78, 5) is 7.18. The number of aliphatic hydroxyl groups is 1. The summed E-state index contributed by atoms with van der Waals surface area (Å²) in [6.45, 7) is 5.02. The van der Waals surface area contributed by atoms with Crippen LogP contribution in [0.5, 0.6) is 0 Å². The third kappa shape index (κ3) is 3.03. The second-order valence-electron chi connectivity index (χ2n) is 5.66. The molecule has 0 aliphatic carbocycles. The van der Waals surface area contributed by atoms with Crippen LogP contribution in [-0.4, -0.2) is 40.7 Å².